The molecular formula is C15H14ClN3O. The van der Waals surface area contributed by atoms with Gasteiger partial charge in [0, 0.05) is 29.4 Å². The van der Waals surface area contributed by atoms with Crippen molar-refractivity contribution in [3.05, 3.63) is 41.4 Å². The molecule has 3 rings (SSSR count). The molecule has 0 fully saturated rings. The minimum absolute atomic E-state index is 0.602. The third-order valence-corrected chi connectivity index (χ3v) is 3.48. The highest BCUT2D eigenvalue weighted by atomic mass is 35.5. The maximum absolute atomic E-state index is 6.06. The Hall–Kier alpha value is -2.20. The van der Waals surface area contributed by atoms with Gasteiger partial charge in [0.25, 0.3) is 0 Å². The normalized spacial score (nSPS) is 10.9. The fourth-order valence-electron chi connectivity index (χ4n) is 2.31. The summed E-state index contributed by atoms with van der Waals surface area (Å²) < 4.78 is 7.24. The predicted octanol–water partition coefficient (Wildman–Crippen LogP) is 3.48. The molecule has 0 bridgehead atoms. The lowest BCUT2D eigenvalue weighted by molar-refractivity contribution is 0.415. The van der Waals surface area contributed by atoms with Crippen molar-refractivity contribution < 1.29 is 4.74 Å². The molecule has 0 aliphatic heterocycles. The number of aryl methyl sites for hydroxylation is 1. The number of nitrogens with two attached hydrogens (primary N) is 1. The molecular weight excluding hydrogens is 274 g/mol. The number of methoxy groups -OCH3 is 1. The average molecular weight is 288 g/mol. The molecule has 0 unspecified atom stereocenters. The van der Waals surface area contributed by atoms with Gasteiger partial charge in [-0.15, -0.1) is 0 Å². The molecule has 0 aliphatic carbocycles. The Morgan fingerprint density at radius 1 is 1.20 bits per heavy atom. The van der Waals surface area contributed by atoms with Crippen molar-refractivity contribution in [3.8, 4) is 17.1 Å². The first-order chi connectivity index (χ1) is 9.58. The van der Waals surface area contributed by atoms with Crippen LogP contribution in [0.4, 0.5) is 5.69 Å². The SMILES string of the molecule is COc1ccc2c(c1)nc(-c1cc(N)cc(Cl)c1)n2C. The second kappa shape index (κ2) is 4.72. The summed E-state index contributed by atoms with van der Waals surface area (Å²) in [6, 6.07) is 11.3. The summed E-state index contributed by atoms with van der Waals surface area (Å²) in [4.78, 5) is 4.64. The van der Waals surface area contributed by atoms with Crippen LogP contribution in [0.15, 0.2) is 36.4 Å². The minimum Gasteiger partial charge on any atom is -0.497 e. The number of ether oxygens (including phenoxy) is 1. The van der Waals surface area contributed by atoms with Gasteiger partial charge >= 0.3 is 0 Å². The van der Waals surface area contributed by atoms with Gasteiger partial charge in [0.2, 0.25) is 0 Å². The smallest absolute Gasteiger partial charge is 0.140 e. The molecule has 1 aromatic heterocycles. The van der Waals surface area contributed by atoms with E-state index in [0.29, 0.717) is 10.7 Å². The van der Waals surface area contributed by atoms with Crippen LogP contribution in [-0.4, -0.2) is 16.7 Å². The van der Waals surface area contributed by atoms with Crippen LogP contribution in [0.3, 0.4) is 0 Å². The Kier molecular flexibility index (Phi) is 3.03. The van der Waals surface area contributed by atoms with Gasteiger partial charge in [-0.3, -0.25) is 0 Å². The first kappa shape index (κ1) is 12.8. The van der Waals surface area contributed by atoms with E-state index in [1.807, 2.05) is 41.9 Å². The maximum Gasteiger partial charge on any atom is 0.140 e. The van der Waals surface area contributed by atoms with Crippen molar-refractivity contribution >= 4 is 28.3 Å². The number of hydrogen-bond donors (Lipinski definition) is 1. The molecule has 4 nitrogen and oxygen atoms in total. The van der Waals surface area contributed by atoms with Gasteiger partial charge in [-0.1, -0.05) is 11.6 Å². The van der Waals surface area contributed by atoms with Crippen molar-refractivity contribution in [2.45, 2.75) is 0 Å². The minimum atomic E-state index is 0.602. The van der Waals surface area contributed by atoms with Gasteiger partial charge in [0.05, 0.1) is 18.1 Å². The van der Waals surface area contributed by atoms with Gasteiger partial charge < -0.3 is 15.0 Å². The number of rotatable bonds is 2. The number of nitrogen functional groups attached to an aromatic ring is 1. The lowest BCUT2D eigenvalue weighted by atomic mass is 10.2. The quantitative estimate of drug-likeness (QED) is 0.734. The highest BCUT2D eigenvalue weighted by molar-refractivity contribution is 6.31. The Morgan fingerprint density at radius 2 is 2.00 bits per heavy atom. The van der Waals surface area contributed by atoms with Crippen LogP contribution in [-0.2, 0) is 7.05 Å². The van der Waals surface area contributed by atoms with Crippen molar-refractivity contribution in [1.29, 1.82) is 0 Å². The molecule has 20 heavy (non-hydrogen) atoms. The number of benzene rings is 2. The molecule has 0 saturated heterocycles. The van der Waals surface area contributed by atoms with E-state index < -0.39 is 0 Å². The number of aromatic nitrogens is 2. The van der Waals surface area contributed by atoms with Gasteiger partial charge in [-0.25, -0.2) is 4.98 Å². The Bertz CT molecular complexity index is 775. The van der Waals surface area contributed by atoms with Gasteiger partial charge in [-0.2, -0.15) is 0 Å². The maximum atomic E-state index is 6.06. The van der Waals surface area contributed by atoms with Crippen LogP contribution in [0.5, 0.6) is 5.75 Å². The van der Waals surface area contributed by atoms with E-state index in [-0.39, 0.29) is 0 Å². The number of fused-ring (bicyclic) bond motifs is 1. The summed E-state index contributed by atoms with van der Waals surface area (Å²) in [5.41, 5.74) is 9.27. The fraction of sp³-hybridized carbons (Fsp3) is 0.133. The summed E-state index contributed by atoms with van der Waals surface area (Å²) in [6.07, 6.45) is 0. The van der Waals surface area contributed by atoms with E-state index in [4.69, 9.17) is 22.1 Å². The Morgan fingerprint density at radius 3 is 2.70 bits per heavy atom. The molecule has 0 radical (unpaired) electrons. The van der Waals surface area contributed by atoms with Crippen LogP contribution in [0.1, 0.15) is 0 Å². The lowest BCUT2D eigenvalue weighted by Gasteiger charge is -2.04. The zero-order valence-electron chi connectivity index (χ0n) is 11.2. The molecule has 0 spiro atoms. The van der Waals surface area contributed by atoms with E-state index in [1.54, 1.807) is 13.2 Å². The second-order valence-electron chi connectivity index (χ2n) is 4.62. The predicted molar refractivity (Wildman–Crippen MR) is 82.1 cm³/mol. The van der Waals surface area contributed by atoms with Gasteiger partial charge in [0.1, 0.15) is 11.6 Å². The monoisotopic (exact) mass is 287 g/mol. The molecule has 0 amide bonds. The summed E-state index contributed by atoms with van der Waals surface area (Å²) in [5.74, 6) is 1.61. The summed E-state index contributed by atoms with van der Waals surface area (Å²) in [7, 11) is 3.61. The molecule has 0 atom stereocenters. The van der Waals surface area contributed by atoms with E-state index in [0.717, 1.165) is 28.2 Å². The third kappa shape index (κ3) is 2.08. The molecule has 2 N–H and O–H groups in total. The first-order valence-electron chi connectivity index (χ1n) is 6.15. The van der Waals surface area contributed by atoms with Crippen LogP contribution in [0.25, 0.3) is 22.4 Å². The van der Waals surface area contributed by atoms with E-state index in [2.05, 4.69) is 4.98 Å². The number of hydrogen-bond acceptors (Lipinski definition) is 3. The highest BCUT2D eigenvalue weighted by Crippen LogP contribution is 2.29. The zero-order valence-corrected chi connectivity index (χ0v) is 12.0. The fourth-order valence-corrected chi connectivity index (χ4v) is 2.55. The summed E-state index contributed by atoms with van der Waals surface area (Å²) in [5, 5.41) is 0.602. The van der Waals surface area contributed by atoms with E-state index in [1.165, 1.54) is 0 Å². The number of anilines is 1. The molecule has 2 aromatic carbocycles. The van der Waals surface area contributed by atoms with E-state index >= 15 is 0 Å². The average Bonchev–Trinajstić information content (AvgIpc) is 2.74. The molecule has 0 aliphatic rings. The molecule has 3 aromatic rings. The van der Waals surface area contributed by atoms with Crippen LogP contribution in [0, 0.1) is 0 Å². The lowest BCUT2D eigenvalue weighted by Crippen LogP contribution is -1.94. The van der Waals surface area contributed by atoms with Gasteiger partial charge in [0.15, 0.2) is 0 Å². The zero-order chi connectivity index (χ0) is 14.3. The molecule has 102 valence electrons. The van der Waals surface area contributed by atoms with Crippen molar-refractivity contribution in [3.63, 3.8) is 0 Å². The molecule has 0 saturated carbocycles. The number of nitrogens with zero attached hydrogens (tertiary/aromatic N) is 2. The third-order valence-electron chi connectivity index (χ3n) is 3.27. The van der Waals surface area contributed by atoms with Crippen LogP contribution in [0.2, 0.25) is 5.02 Å². The number of halogens is 1. The topological polar surface area (TPSA) is 53.1 Å². The van der Waals surface area contributed by atoms with Crippen molar-refractivity contribution in [2.75, 3.05) is 12.8 Å². The Balaban J connectivity index is 2.23. The van der Waals surface area contributed by atoms with Crippen LogP contribution >= 0.6 is 11.6 Å². The van der Waals surface area contributed by atoms with Crippen LogP contribution < -0.4 is 10.5 Å². The standard InChI is InChI=1S/C15H14ClN3O/c1-19-14-4-3-12(20-2)8-13(14)18-15(19)9-5-10(16)7-11(17)6-9/h3-8H,17H2,1-2H3. The summed E-state index contributed by atoms with van der Waals surface area (Å²) >= 11 is 6.06. The van der Waals surface area contributed by atoms with Gasteiger partial charge in [-0.05, 0) is 30.3 Å². The Labute approximate surface area is 121 Å². The number of imidazole rings is 1. The van der Waals surface area contributed by atoms with Crippen molar-refractivity contribution in [1.82, 2.24) is 9.55 Å². The van der Waals surface area contributed by atoms with E-state index in [9.17, 15) is 0 Å². The summed E-state index contributed by atoms with van der Waals surface area (Å²) in [6.45, 7) is 0. The molecule has 5 heteroatoms. The van der Waals surface area contributed by atoms with Crippen molar-refractivity contribution in [2.24, 2.45) is 7.05 Å². The first-order valence-corrected chi connectivity index (χ1v) is 6.53. The largest absolute Gasteiger partial charge is 0.497 e. The molecule has 1 heterocycles. The highest BCUT2D eigenvalue weighted by Gasteiger charge is 2.11. The second-order valence-corrected chi connectivity index (χ2v) is 5.06.